The van der Waals surface area contributed by atoms with Crippen molar-refractivity contribution in [2.24, 2.45) is 5.92 Å². The van der Waals surface area contributed by atoms with Crippen LogP contribution in [0.25, 0.3) is 11.0 Å². The number of nitriles is 1. The Morgan fingerprint density at radius 2 is 1.78 bits per heavy atom. The molecule has 2 heterocycles. The van der Waals surface area contributed by atoms with E-state index in [9.17, 15) is 10.1 Å². The summed E-state index contributed by atoms with van der Waals surface area (Å²) in [6.45, 7) is 3.53. The number of hydrogen-bond acceptors (Lipinski definition) is 7. The lowest BCUT2D eigenvalue weighted by molar-refractivity contribution is -0.148. The maximum atomic E-state index is 12.2. The van der Waals surface area contributed by atoms with Crippen LogP contribution in [0.15, 0.2) is 48.5 Å². The van der Waals surface area contributed by atoms with Gasteiger partial charge in [0.25, 0.3) is 0 Å². The summed E-state index contributed by atoms with van der Waals surface area (Å²) in [6.07, 6.45) is 1.37. The summed E-state index contributed by atoms with van der Waals surface area (Å²) in [7, 11) is 1.61. The third-order valence-corrected chi connectivity index (χ3v) is 5.84. The van der Waals surface area contributed by atoms with Crippen LogP contribution in [0.2, 0.25) is 0 Å². The number of aromatic nitrogens is 2. The lowest BCUT2D eigenvalue weighted by atomic mass is 9.94. The van der Waals surface area contributed by atoms with Crippen LogP contribution in [0.4, 0.5) is 5.82 Å². The highest BCUT2D eigenvalue weighted by atomic mass is 16.5. The van der Waals surface area contributed by atoms with Gasteiger partial charge in [0.15, 0.2) is 5.82 Å². The fraction of sp³-hybridized carbons (Fsp3) is 0.360. The van der Waals surface area contributed by atoms with Crippen LogP contribution in [-0.2, 0) is 9.53 Å². The summed E-state index contributed by atoms with van der Waals surface area (Å²) in [5, 5.41) is 10.1. The van der Waals surface area contributed by atoms with Gasteiger partial charge in [-0.25, -0.2) is 9.97 Å². The van der Waals surface area contributed by atoms with Gasteiger partial charge in [0.2, 0.25) is 0 Å². The first kappa shape index (κ1) is 21.6. The van der Waals surface area contributed by atoms with Crippen molar-refractivity contribution >= 4 is 22.8 Å². The average Bonchev–Trinajstić information content (AvgIpc) is 2.85. The first-order valence-electron chi connectivity index (χ1n) is 10.9. The number of carbonyl (C=O) groups is 1. The Bertz CT molecular complexity index is 1130. The molecule has 164 valence electrons. The van der Waals surface area contributed by atoms with Crippen LogP contribution in [0.3, 0.4) is 0 Å². The van der Waals surface area contributed by atoms with Crippen molar-refractivity contribution in [3.63, 3.8) is 0 Å². The smallest absolute Gasteiger partial charge is 0.309 e. The second kappa shape index (κ2) is 9.65. The number of para-hydroxylation sites is 2. The molecule has 32 heavy (non-hydrogen) atoms. The summed E-state index contributed by atoms with van der Waals surface area (Å²) in [4.78, 5) is 24.1. The quantitative estimate of drug-likeness (QED) is 0.545. The van der Waals surface area contributed by atoms with E-state index in [0.717, 1.165) is 22.3 Å². The molecule has 1 saturated heterocycles. The number of fused-ring (bicyclic) bond motifs is 1. The van der Waals surface area contributed by atoms with Gasteiger partial charge in [-0.2, -0.15) is 5.26 Å². The van der Waals surface area contributed by atoms with Gasteiger partial charge < -0.3 is 14.4 Å². The fourth-order valence-corrected chi connectivity index (χ4v) is 4.11. The molecule has 0 unspecified atom stereocenters. The summed E-state index contributed by atoms with van der Waals surface area (Å²) >= 11 is 0. The van der Waals surface area contributed by atoms with Crippen molar-refractivity contribution in [3.8, 4) is 11.8 Å². The maximum Gasteiger partial charge on any atom is 0.309 e. The minimum Gasteiger partial charge on any atom is -0.497 e. The minimum absolute atomic E-state index is 0.101. The number of hydrogen-bond donors (Lipinski definition) is 0. The second-order valence-electron chi connectivity index (χ2n) is 7.77. The highest BCUT2D eigenvalue weighted by Gasteiger charge is 2.30. The number of ether oxygens (including phenoxy) is 2. The van der Waals surface area contributed by atoms with Gasteiger partial charge in [-0.3, -0.25) is 4.79 Å². The molecule has 1 aliphatic rings. The Morgan fingerprint density at radius 1 is 1.12 bits per heavy atom. The number of rotatable bonds is 6. The molecule has 1 fully saturated rings. The zero-order chi connectivity index (χ0) is 22.5. The summed E-state index contributed by atoms with van der Waals surface area (Å²) in [5.74, 6) is 0.627. The Kier molecular flexibility index (Phi) is 6.50. The molecule has 7 heteroatoms. The number of piperidine rings is 1. The van der Waals surface area contributed by atoms with E-state index in [0.29, 0.717) is 44.0 Å². The molecule has 0 spiro atoms. The molecular weight excluding hydrogens is 404 g/mol. The molecule has 1 aliphatic heterocycles. The number of anilines is 1. The monoisotopic (exact) mass is 430 g/mol. The van der Waals surface area contributed by atoms with Crippen LogP contribution in [0.5, 0.6) is 5.75 Å². The normalized spacial score (nSPS) is 15.2. The first-order chi connectivity index (χ1) is 15.6. The Morgan fingerprint density at radius 3 is 2.38 bits per heavy atom. The molecular formula is C25H26N4O3. The van der Waals surface area contributed by atoms with E-state index in [4.69, 9.17) is 19.4 Å². The van der Waals surface area contributed by atoms with E-state index in [1.165, 1.54) is 0 Å². The van der Waals surface area contributed by atoms with Crippen LogP contribution in [-0.4, -0.2) is 42.7 Å². The SMILES string of the molecule is CCOC(=O)C1CCN(c2nc3ccccc3nc2[C@@H](C#N)c2ccc(OC)cc2)CC1. The fourth-order valence-electron chi connectivity index (χ4n) is 4.11. The first-order valence-corrected chi connectivity index (χ1v) is 10.9. The largest absolute Gasteiger partial charge is 0.497 e. The number of carbonyl (C=O) groups excluding carboxylic acids is 1. The molecule has 0 radical (unpaired) electrons. The highest BCUT2D eigenvalue weighted by molar-refractivity contribution is 5.77. The van der Waals surface area contributed by atoms with Crippen LogP contribution in [0.1, 0.15) is 36.9 Å². The van der Waals surface area contributed by atoms with Gasteiger partial charge in [-0.1, -0.05) is 24.3 Å². The third kappa shape index (κ3) is 4.35. The van der Waals surface area contributed by atoms with Crippen molar-refractivity contribution in [2.75, 3.05) is 31.7 Å². The molecule has 2 aromatic carbocycles. The van der Waals surface area contributed by atoms with Gasteiger partial charge in [0.05, 0.1) is 36.7 Å². The van der Waals surface area contributed by atoms with E-state index in [-0.39, 0.29) is 11.9 Å². The molecule has 0 amide bonds. The zero-order valence-electron chi connectivity index (χ0n) is 18.3. The Labute approximate surface area is 187 Å². The van der Waals surface area contributed by atoms with E-state index in [1.807, 2.05) is 55.5 Å². The second-order valence-corrected chi connectivity index (χ2v) is 7.77. The molecule has 3 aromatic rings. The predicted octanol–water partition coefficient (Wildman–Crippen LogP) is 4.07. The number of benzene rings is 2. The minimum atomic E-state index is -0.573. The van der Waals surface area contributed by atoms with Crippen LogP contribution >= 0.6 is 0 Å². The highest BCUT2D eigenvalue weighted by Crippen LogP contribution is 2.34. The van der Waals surface area contributed by atoms with Gasteiger partial charge in [-0.15, -0.1) is 0 Å². The molecule has 1 atom stereocenters. The lowest BCUT2D eigenvalue weighted by Crippen LogP contribution is -2.38. The van der Waals surface area contributed by atoms with Crippen molar-refractivity contribution < 1.29 is 14.3 Å². The van der Waals surface area contributed by atoms with E-state index in [1.54, 1.807) is 7.11 Å². The van der Waals surface area contributed by atoms with Crippen molar-refractivity contribution in [1.82, 2.24) is 9.97 Å². The van der Waals surface area contributed by atoms with Crippen molar-refractivity contribution in [3.05, 3.63) is 59.8 Å². The number of esters is 1. The standard InChI is InChI=1S/C25H26N4O3/c1-3-32-25(30)18-12-14-29(15-13-18)24-23(27-21-6-4-5-7-22(21)28-24)20(16-26)17-8-10-19(31-2)11-9-17/h4-11,18,20H,3,12-15H2,1-2H3/t20-/m0/s1. The van der Waals surface area contributed by atoms with Gasteiger partial charge in [0, 0.05) is 13.1 Å². The summed E-state index contributed by atoms with van der Waals surface area (Å²) < 4.78 is 10.5. The Hall–Kier alpha value is -3.66. The predicted molar refractivity (Wildman–Crippen MR) is 122 cm³/mol. The molecule has 0 aliphatic carbocycles. The topological polar surface area (TPSA) is 88.3 Å². The molecule has 0 N–H and O–H groups in total. The summed E-state index contributed by atoms with van der Waals surface area (Å²) in [5.41, 5.74) is 3.00. The number of nitrogens with zero attached hydrogens (tertiary/aromatic N) is 4. The number of methoxy groups -OCH3 is 1. The summed E-state index contributed by atoms with van der Waals surface area (Å²) in [6, 6.07) is 17.6. The molecule has 1 aromatic heterocycles. The molecule has 0 saturated carbocycles. The van der Waals surface area contributed by atoms with E-state index in [2.05, 4.69) is 11.0 Å². The van der Waals surface area contributed by atoms with E-state index < -0.39 is 5.92 Å². The van der Waals surface area contributed by atoms with Gasteiger partial charge >= 0.3 is 5.97 Å². The molecule has 7 nitrogen and oxygen atoms in total. The van der Waals surface area contributed by atoms with Gasteiger partial charge in [0.1, 0.15) is 17.4 Å². The van der Waals surface area contributed by atoms with E-state index >= 15 is 0 Å². The lowest BCUT2D eigenvalue weighted by Gasteiger charge is -2.33. The molecule has 0 bridgehead atoms. The van der Waals surface area contributed by atoms with Crippen molar-refractivity contribution in [1.29, 1.82) is 5.26 Å². The van der Waals surface area contributed by atoms with Crippen molar-refractivity contribution in [2.45, 2.75) is 25.7 Å². The maximum absolute atomic E-state index is 12.2. The zero-order valence-corrected chi connectivity index (χ0v) is 18.3. The average molecular weight is 431 g/mol. The third-order valence-electron chi connectivity index (χ3n) is 5.84. The van der Waals surface area contributed by atoms with Crippen LogP contribution in [0, 0.1) is 17.2 Å². The molecule has 4 rings (SSSR count). The Balaban J connectivity index is 1.71. The van der Waals surface area contributed by atoms with Gasteiger partial charge in [-0.05, 0) is 49.6 Å². The van der Waals surface area contributed by atoms with Crippen LogP contribution < -0.4 is 9.64 Å².